The summed E-state index contributed by atoms with van der Waals surface area (Å²) in [5.41, 5.74) is 17.8. The topological polar surface area (TPSA) is 16.4 Å². The molecule has 0 saturated carbocycles. The Morgan fingerprint density at radius 2 is 1.14 bits per heavy atom. The smallest absolute Gasteiger partial charge is 0.136 e. The number of allylic oxidation sites excluding steroid dienone is 1. The van der Waals surface area contributed by atoms with Crippen molar-refractivity contribution in [2.24, 2.45) is 0 Å². The first-order chi connectivity index (χ1) is 24.2. The minimum Gasteiger partial charge on any atom is -0.461 e. The fourth-order valence-electron chi connectivity index (χ4n) is 8.17. The second-order valence-corrected chi connectivity index (χ2v) is 12.8. The normalized spacial score (nSPS) is 12.1. The van der Waals surface area contributed by atoms with Crippen molar-refractivity contribution in [2.75, 3.05) is 4.90 Å². The number of furan rings is 1. The second kappa shape index (κ2) is 10.5. The van der Waals surface area contributed by atoms with Crippen LogP contribution in [-0.2, 0) is 0 Å². The Morgan fingerprint density at radius 3 is 1.94 bits per heavy atom. The van der Waals surface area contributed by atoms with Crippen LogP contribution >= 0.6 is 0 Å². The first kappa shape index (κ1) is 27.5. The molecular weight excluding hydrogens is 595 g/mol. The van der Waals surface area contributed by atoms with Crippen molar-refractivity contribution in [3.05, 3.63) is 157 Å². The highest BCUT2D eigenvalue weighted by Gasteiger charge is 2.31. The molecule has 0 aliphatic heterocycles. The van der Waals surface area contributed by atoms with Gasteiger partial charge in [-0.2, -0.15) is 0 Å². The lowest BCUT2D eigenvalue weighted by Gasteiger charge is -2.28. The average molecular weight is 624 g/mol. The molecule has 1 heterocycles. The molecular formula is C47H29NO. The van der Waals surface area contributed by atoms with E-state index in [1.54, 1.807) is 6.08 Å². The van der Waals surface area contributed by atoms with E-state index in [1.807, 2.05) is 13.0 Å². The van der Waals surface area contributed by atoms with Gasteiger partial charge in [0.15, 0.2) is 0 Å². The van der Waals surface area contributed by atoms with Gasteiger partial charge in [-0.25, -0.2) is 0 Å². The molecule has 6 bridgehead atoms. The number of anilines is 3. The van der Waals surface area contributed by atoms with Crippen molar-refractivity contribution in [3.63, 3.8) is 0 Å². The van der Waals surface area contributed by atoms with Gasteiger partial charge < -0.3 is 9.32 Å². The van der Waals surface area contributed by atoms with Crippen LogP contribution in [-0.4, -0.2) is 0 Å². The molecule has 2 nitrogen and oxygen atoms in total. The quantitative estimate of drug-likeness (QED) is 0.181. The highest BCUT2D eigenvalue weighted by atomic mass is 16.3. The molecule has 7 aromatic carbocycles. The lowest BCUT2D eigenvalue weighted by molar-refractivity contribution is 0.577. The number of rotatable bonds is 4. The van der Waals surface area contributed by atoms with Crippen molar-refractivity contribution in [1.82, 2.24) is 0 Å². The van der Waals surface area contributed by atoms with Gasteiger partial charge in [0.2, 0.25) is 0 Å². The molecule has 228 valence electrons. The van der Waals surface area contributed by atoms with Crippen LogP contribution in [0, 0.1) is 19.3 Å². The first-order valence-corrected chi connectivity index (χ1v) is 16.6. The van der Waals surface area contributed by atoms with E-state index in [0.29, 0.717) is 0 Å². The van der Waals surface area contributed by atoms with Gasteiger partial charge in [-0.1, -0.05) is 109 Å². The summed E-state index contributed by atoms with van der Waals surface area (Å²) in [7, 11) is 0. The minimum atomic E-state index is 0.825. The van der Waals surface area contributed by atoms with Crippen molar-refractivity contribution in [3.8, 4) is 68.0 Å². The maximum absolute atomic E-state index is 6.35. The van der Waals surface area contributed by atoms with Gasteiger partial charge in [-0.3, -0.25) is 0 Å². The van der Waals surface area contributed by atoms with Crippen LogP contribution in [0.2, 0.25) is 0 Å². The van der Waals surface area contributed by atoms with Crippen molar-refractivity contribution in [1.29, 1.82) is 0 Å². The maximum Gasteiger partial charge on any atom is 0.136 e. The van der Waals surface area contributed by atoms with Crippen LogP contribution in [0.3, 0.4) is 0 Å². The first-order valence-electron chi connectivity index (χ1n) is 16.6. The lowest BCUT2D eigenvalue weighted by Crippen LogP contribution is -2.11. The number of benzene rings is 7. The summed E-state index contributed by atoms with van der Waals surface area (Å²) in [6.45, 7) is 1.99. The summed E-state index contributed by atoms with van der Waals surface area (Å²) in [6, 6.07) is 51.1. The average Bonchev–Trinajstić information content (AvgIpc) is 3.41. The molecule has 0 saturated heterocycles. The molecule has 2 aliphatic carbocycles. The van der Waals surface area contributed by atoms with Gasteiger partial charge >= 0.3 is 0 Å². The largest absolute Gasteiger partial charge is 0.461 e. The Kier molecular flexibility index (Phi) is 5.89. The van der Waals surface area contributed by atoms with E-state index in [0.717, 1.165) is 39.4 Å². The van der Waals surface area contributed by atoms with Crippen LogP contribution < -0.4 is 4.90 Å². The molecule has 0 unspecified atom stereocenters. The van der Waals surface area contributed by atoms with E-state index < -0.39 is 0 Å². The van der Waals surface area contributed by atoms with Crippen molar-refractivity contribution in [2.45, 2.75) is 6.92 Å². The predicted octanol–water partition coefficient (Wildman–Crippen LogP) is 13.0. The highest BCUT2D eigenvalue weighted by molar-refractivity contribution is 6.15. The van der Waals surface area contributed by atoms with E-state index >= 15 is 0 Å². The van der Waals surface area contributed by atoms with Gasteiger partial charge in [0, 0.05) is 33.8 Å². The third-order valence-corrected chi connectivity index (χ3v) is 10.2. The zero-order valence-electron chi connectivity index (χ0n) is 26.9. The van der Waals surface area contributed by atoms with Crippen LogP contribution in [0.4, 0.5) is 17.1 Å². The molecule has 0 amide bonds. The summed E-state index contributed by atoms with van der Waals surface area (Å²) in [4.78, 5) is 2.38. The Labute approximate surface area is 285 Å². The molecule has 2 aliphatic rings. The van der Waals surface area contributed by atoms with E-state index in [4.69, 9.17) is 10.8 Å². The molecule has 0 N–H and O–H groups in total. The third kappa shape index (κ3) is 3.97. The zero-order chi connectivity index (χ0) is 32.6. The van der Waals surface area contributed by atoms with Crippen LogP contribution in [0.25, 0.3) is 83.5 Å². The van der Waals surface area contributed by atoms with Crippen molar-refractivity contribution < 1.29 is 4.42 Å². The second-order valence-electron chi connectivity index (χ2n) is 12.8. The molecule has 8 aromatic rings. The van der Waals surface area contributed by atoms with Gasteiger partial charge in [-0.05, 0) is 110 Å². The molecule has 0 spiro atoms. The van der Waals surface area contributed by atoms with Gasteiger partial charge in [0.1, 0.15) is 11.3 Å². The fourth-order valence-corrected chi connectivity index (χ4v) is 8.17. The van der Waals surface area contributed by atoms with Crippen LogP contribution in [0.1, 0.15) is 11.3 Å². The molecule has 49 heavy (non-hydrogen) atoms. The summed E-state index contributed by atoms with van der Waals surface area (Å²) in [6.07, 6.45) is 9.23. The summed E-state index contributed by atoms with van der Waals surface area (Å²) in [5.74, 6) is 3.46. The maximum atomic E-state index is 6.35. The number of hydrogen-bond acceptors (Lipinski definition) is 2. The van der Waals surface area contributed by atoms with Crippen LogP contribution in [0.15, 0.2) is 150 Å². The van der Waals surface area contributed by atoms with E-state index in [2.05, 4.69) is 150 Å². The van der Waals surface area contributed by atoms with Gasteiger partial charge in [0.25, 0.3) is 0 Å². The van der Waals surface area contributed by atoms with Gasteiger partial charge in [0.05, 0.1) is 5.69 Å². The van der Waals surface area contributed by atoms with E-state index in [9.17, 15) is 0 Å². The fraction of sp³-hybridized carbons (Fsp3) is 0.0213. The predicted molar refractivity (Wildman–Crippen MR) is 205 cm³/mol. The SMILES string of the molecule is C#C/C=C\c1c(C)oc2cc(N(c3ccc4c(c3)-c3c5cccc3-c3cccc-4c3-c3ccccc3-5)c3cccc4ccccc34)ccc12. The number of aryl methyl sites for hydroxylation is 1. The minimum absolute atomic E-state index is 0.825. The molecule has 0 fully saturated rings. The molecule has 0 radical (unpaired) electrons. The number of fused-ring (bicyclic) bond motifs is 6. The summed E-state index contributed by atoms with van der Waals surface area (Å²) in [5, 5.41) is 3.41. The van der Waals surface area contributed by atoms with Gasteiger partial charge in [-0.15, -0.1) is 6.42 Å². The molecule has 0 atom stereocenters. The Hall–Kier alpha value is -6.56. The standard InChI is InChI=1S/C47H29NO/c1-3-4-14-33-29(2)49-45-28-32(24-26-37(33)45)48(44-22-9-13-30-12-5-6-15-34(30)44)31-23-25-36-40-19-11-20-41-42-21-10-18-39(47(42)43(36)27-31)35-16-7-8-17-38(35)46(40)41/h1,4-28H,2H3/b14-4-. The Bertz CT molecular complexity index is 2720. The Morgan fingerprint density at radius 1 is 0.551 bits per heavy atom. The zero-order valence-corrected chi connectivity index (χ0v) is 26.9. The van der Waals surface area contributed by atoms with E-state index in [-0.39, 0.29) is 0 Å². The number of hydrogen-bond donors (Lipinski definition) is 0. The molecule has 2 heteroatoms. The monoisotopic (exact) mass is 623 g/mol. The van der Waals surface area contributed by atoms with Crippen LogP contribution in [0.5, 0.6) is 0 Å². The lowest BCUT2D eigenvalue weighted by atomic mass is 9.83. The summed E-state index contributed by atoms with van der Waals surface area (Å²) >= 11 is 0. The number of terminal acetylenes is 1. The summed E-state index contributed by atoms with van der Waals surface area (Å²) < 4.78 is 6.35. The van der Waals surface area contributed by atoms with E-state index in [1.165, 1.54) is 66.4 Å². The molecule has 10 rings (SSSR count). The number of nitrogens with zero attached hydrogens (tertiary/aromatic N) is 1. The Balaban J connectivity index is 1.26. The van der Waals surface area contributed by atoms with Crippen molar-refractivity contribution >= 4 is 44.9 Å². The highest BCUT2D eigenvalue weighted by Crippen LogP contribution is 2.57. The molecule has 1 aromatic heterocycles. The third-order valence-electron chi connectivity index (χ3n) is 10.2.